The molecular weight excluding hydrogens is 298 g/mol. The van der Waals surface area contributed by atoms with Crippen molar-refractivity contribution in [3.63, 3.8) is 0 Å². The third-order valence-electron chi connectivity index (χ3n) is 5.95. The maximum atomic E-state index is 11.1. The summed E-state index contributed by atoms with van der Waals surface area (Å²) >= 11 is 0. The van der Waals surface area contributed by atoms with Crippen molar-refractivity contribution in [3.05, 3.63) is 59.3 Å². The van der Waals surface area contributed by atoms with Crippen molar-refractivity contribution in [1.29, 1.82) is 0 Å². The number of rotatable bonds is 2. The molecule has 5 rings (SSSR count). The van der Waals surface area contributed by atoms with Crippen molar-refractivity contribution in [3.8, 4) is 11.1 Å². The van der Waals surface area contributed by atoms with Crippen LogP contribution < -0.4 is 0 Å². The zero-order valence-electron chi connectivity index (χ0n) is 13.6. The minimum absolute atomic E-state index is 0.336. The molecule has 120 valence electrons. The van der Waals surface area contributed by atoms with E-state index in [9.17, 15) is 4.79 Å². The Morgan fingerprint density at radius 2 is 1.88 bits per heavy atom. The van der Waals surface area contributed by atoms with E-state index in [0.717, 1.165) is 11.5 Å². The second kappa shape index (κ2) is 4.73. The van der Waals surface area contributed by atoms with Gasteiger partial charge in [0.15, 0.2) is 0 Å². The summed E-state index contributed by atoms with van der Waals surface area (Å²) in [6.07, 6.45) is 6.08. The first-order chi connectivity index (χ1) is 11.6. The molecule has 0 radical (unpaired) electrons. The lowest BCUT2D eigenvalue weighted by atomic mass is 9.86. The summed E-state index contributed by atoms with van der Waals surface area (Å²) in [5, 5.41) is 10.4. The molecule has 1 fully saturated rings. The fourth-order valence-corrected chi connectivity index (χ4v) is 4.85. The molecule has 3 nitrogen and oxygen atoms in total. The molecule has 3 heteroatoms. The van der Waals surface area contributed by atoms with Crippen molar-refractivity contribution in [1.82, 2.24) is 4.57 Å². The molecule has 1 saturated carbocycles. The number of nitrogens with zero attached hydrogens (tertiary/aromatic N) is 1. The van der Waals surface area contributed by atoms with E-state index in [1.165, 1.54) is 41.3 Å². The van der Waals surface area contributed by atoms with Crippen LogP contribution in [0.5, 0.6) is 0 Å². The molecule has 2 bridgehead atoms. The Balaban J connectivity index is 1.77. The van der Waals surface area contributed by atoms with Crippen LogP contribution in [0.3, 0.4) is 0 Å². The molecule has 1 heterocycles. The van der Waals surface area contributed by atoms with Gasteiger partial charge in [-0.3, -0.25) is 0 Å². The van der Waals surface area contributed by atoms with Crippen LogP contribution in [0, 0.1) is 0 Å². The van der Waals surface area contributed by atoms with E-state index in [1.807, 2.05) is 12.1 Å². The molecule has 2 unspecified atom stereocenters. The normalized spacial score (nSPS) is 21.4. The minimum atomic E-state index is -0.877. The smallest absolute Gasteiger partial charge is 0.335 e. The molecule has 1 N–H and O–H groups in total. The Morgan fingerprint density at radius 3 is 2.62 bits per heavy atom. The van der Waals surface area contributed by atoms with Gasteiger partial charge in [-0.2, -0.15) is 0 Å². The van der Waals surface area contributed by atoms with Crippen molar-refractivity contribution in [2.45, 2.75) is 31.1 Å². The van der Waals surface area contributed by atoms with E-state index in [2.05, 4.69) is 29.9 Å². The summed E-state index contributed by atoms with van der Waals surface area (Å²) in [4.78, 5) is 11.1. The number of fused-ring (bicyclic) bond motifs is 7. The lowest BCUT2D eigenvalue weighted by Crippen LogP contribution is -2.02. The summed E-state index contributed by atoms with van der Waals surface area (Å²) in [5.74, 6) is 0.559. The second-order valence-electron chi connectivity index (χ2n) is 7.21. The highest BCUT2D eigenvalue weighted by molar-refractivity contribution is 5.99. The molecule has 1 aromatic heterocycles. The number of carboxylic acid groups (broad SMARTS) is 1. The Labute approximate surface area is 140 Å². The number of hydrogen-bond acceptors (Lipinski definition) is 1. The molecule has 0 aliphatic heterocycles. The van der Waals surface area contributed by atoms with Gasteiger partial charge in [0.25, 0.3) is 0 Å². The van der Waals surface area contributed by atoms with Gasteiger partial charge >= 0.3 is 5.97 Å². The SMILES string of the molecule is Cn1ccc2c(-c3ccc(C(=O)O)cc3)cc3c(c21)C1CCC3C1. The number of aryl methyl sites for hydroxylation is 1. The van der Waals surface area contributed by atoms with Crippen LogP contribution in [0.15, 0.2) is 42.6 Å². The van der Waals surface area contributed by atoms with Gasteiger partial charge in [0, 0.05) is 18.6 Å². The van der Waals surface area contributed by atoms with Crippen molar-refractivity contribution >= 4 is 16.9 Å². The van der Waals surface area contributed by atoms with Gasteiger partial charge in [-0.25, -0.2) is 4.79 Å². The first kappa shape index (κ1) is 13.8. The minimum Gasteiger partial charge on any atom is -0.478 e. The van der Waals surface area contributed by atoms with Crippen LogP contribution in [-0.4, -0.2) is 15.6 Å². The molecule has 2 aliphatic carbocycles. The molecule has 3 aromatic rings. The van der Waals surface area contributed by atoms with Gasteiger partial charge in [-0.05, 0) is 77.6 Å². The van der Waals surface area contributed by atoms with Gasteiger partial charge in [-0.15, -0.1) is 0 Å². The van der Waals surface area contributed by atoms with Crippen LogP contribution in [-0.2, 0) is 7.05 Å². The molecule has 0 spiro atoms. The number of aromatic nitrogens is 1. The molecule has 0 saturated heterocycles. The maximum Gasteiger partial charge on any atom is 0.335 e. The Bertz CT molecular complexity index is 981. The average Bonchev–Trinajstić information content (AvgIpc) is 3.29. The van der Waals surface area contributed by atoms with Crippen molar-refractivity contribution in [2.24, 2.45) is 7.05 Å². The molecule has 2 atom stereocenters. The maximum absolute atomic E-state index is 11.1. The lowest BCUT2D eigenvalue weighted by molar-refractivity contribution is 0.0697. The van der Waals surface area contributed by atoms with Crippen molar-refractivity contribution in [2.75, 3.05) is 0 Å². The standard InChI is InChI=1S/C21H19NO2/c1-22-9-8-16-17(12-2-4-13(5-3-12)21(23)24)11-18-14-6-7-15(10-14)19(18)20(16)22/h2-5,8-9,11,14-15H,6-7,10H2,1H3,(H,23,24). The first-order valence-corrected chi connectivity index (χ1v) is 8.59. The van der Waals surface area contributed by atoms with Crippen LogP contribution in [0.1, 0.15) is 52.6 Å². The highest BCUT2D eigenvalue weighted by Crippen LogP contribution is 2.56. The number of carbonyl (C=O) groups is 1. The predicted octanol–water partition coefficient (Wildman–Crippen LogP) is 4.91. The Kier molecular flexibility index (Phi) is 2.73. The van der Waals surface area contributed by atoms with E-state index in [-0.39, 0.29) is 0 Å². The second-order valence-corrected chi connectivity index (χ2v) is 7.21. The average molecular weight is 317 g/mol. The van der Waals surface area contributed by atoms with E-state index in [1.54, 1.807) is 17.7 Å². The topological polar surface area (TPSA) is 42.2 Å². The fraction of sp³-hybridized carbons (Fsp3) is 0.286. The molecule has 2 aliphatic rings. The number of benzene rings is 2. The number of carboxylic acids is 1. The zero-order valence-corrected chi connectivity index (χ0v) is 13.6. The van der Waals surface area contributed by atoms with E-state index in [0.29, 0.717) is 11.5 Å². The van der Waals surface area contributed by atoms with Gasteiger partial charge in [-0.1, -0.05) is 12.1 Å². The Morgan fingerprint density at radius 1 is 1.12 bits per heavy atom. The lowest BCUT2D eigenvalue weighted by Gasteiger charge is -2.19. The van der Waals surface area contributed by atoms with Gasteiger partial charge in [0.1, 0.15) is 0 Å². The number of aromatic carboxylic acids is 1. The van der Waals surface area contributed by atoms with E-state index >= 15 is 0 Å². The van der Waals surface area contributed by atoms with Crippen LogP contribution in [0.25, 0.3) is 22.0 Å². The summed E-state index contributed by atoms with van der Waals surface area (Å²) < 4.78 is 2.25. The first-order valence-electron chi connectivity index (χ1n) is 8.59. The van der Waals surface area contributed by atoms with Crippen LogP contribution in [0.4, 0.5) is 0 Å². The largest absolute Gasteiger partial charge is 0.478 e. The predicted molar refractivity (Wildman–Crippen MR) is 94.6 cm³/mol. The molecule has 24 heavy (non-hydrogen) atoms. The molecular formula is C21H19NO2. The Hall–Kier alpha value is -2.55. The van der Waals surface area contributed by atoms with Crippen LogP contribution in [0.2, 0.25) is 0 Å². The third-order valence-corrected chi connectivity index (χ3v) is 5.95. The van der Waals surface area contributed by atoms with Crippen molar-refractivity contribution < 1.29 is 9.90 Å². The van der Waals surface area contributed by atoms with E-state index < -0.39 is 5.97 Å². The number of hydrogen-bond donors (Lipinski definition) is 1. The highest BCUT2D eigenvalue weighted by Gasteiger charge is 2.39. The summed E-state index contributed by atoms with van der Waals surface area (Å²) in [6, 6.07) is 11.8. The van der Waals surface area contributed by atoms with Crippen LogP contribution >= 0.6 is 0 Å². The fourth-order valence-electron chi connectivity index (χ4n) is 4.85. The third kappa shape index (κ3) is 1.75. The highest BCUT2D eigenvalue weighted by atomic mass is 16.4. The quantitative estimate of drug-likeness (QED) is 0.730. The van der Waals surface area contributed by atoms with Gasteiger partial charge < -0.3 is 9.67 Å². The summed E-state index contributed by atoms with van der Waals surface area (Å²) in [6.45, 7) is 0. The monoisotopic (exact) mass is 317 g/mol. The van der Waals surface area contributed by atoms with Gasteiger partial charge in [0.05, 0.1) is 11.1 Å². The molecule has 0 amide bonds. The van der Waals surface area contributed by atoms with Gasteiger partial charge in [0.2, 0.25) is 0 Å². The summed E-state index contributed by atoms with van der Waals surface area (Å²) in [5.41, 5.74) is 7.13. The van der Waals surface area contributed by atoms with E-state index in [4.69, 9.17) is 5.11 Å². The molecule has 2 aromatic carbocycles. The zero-order chi connectivity index (χ0) is 16.4. The summed E-state index contributed by atoms with van der Waals surface area (Å²) in [7, 11) is 2.13.